The van der Waals surface area contributed by atoms with E-state index in [2.05, 4.69) is 25.2 Å². The third kappa shape index (κ3) is 4.82. The Kier molecular flexibility index (Phi) is 6.26. The number of amides is 2. The molecule has 4 heterocycles. The van der Waals surface area contributed by atoms with Crippen LogP contribution >= 0.6 is 0 Å². The van der Waals surface area contributed by atoms with Crippen molar-refractivity contribution in [3.63, 3.8) is 0 Å². The zero-order valence-corrected chi connectivity index (χ0v) is 20.2. The van der Waals surface area contributed by atoms with Crippen molar-refractivity contribution in [1.29, 1.82) is 0 Å². The monoisotopic (exact) mass is 507 g/mol. The number of hydrogen-bond donors (Lipinski definition) is 1. The number of nitrogens with one attached hydrogen (secondary N) is 1. The molecule has 3 fully saturated rings. The maximum Gasteiger partial charge on any atom is 0.419 e. The fraction of sp³-hybridized carbons (Fsp3) is 0.583. The van der Waals surface area contributed by atoms with Crippen molar-refractivity contribution < 1.29 is 22.4 Å². The summed E-state index contributed by atoms with van der Waals surface area (Å²) < 4.78 is 52.2. The number of alkyl halides is 3. The van der Waals surface area contributed by atoms with Crippen LogP contribution in [-0.4, -0.2) is 75.1 Å². The molecule has 2 atom stereocenters. The molecule has 1 N–H and O–H groups in total. The second kappa shape index (κ2) is 9.13. The van der Waals surface area contributed by atoms with Crippen LogP contribution in [0.1, 0.15) is 37.8 Å². The molecule has 0 aromatic carbocycles. The Labute approximate surface area is 206 Å². The number of carbonyl (C=O) groups excluding carboxylic acids is 1. The largest absolute Gasteiger partial charge is 0.419 e. The van der Waals surface area contributed by atoms with Crippen LogP contribution in [0.2, 0.25) is 0 Å². The van der Waals surface area contributed by atoms with E-state index in [1.54, 1.807) is 17.0 Å². The molecule has 1 aliphatic carbocycles. The highest BCUT2D eigenvalue weighted by atomic mass is 19.4. The first kappa shape index (κ1) is 24.7. The van der Waals surface area contributed by atoms with Gasteiger partial charge in [-0.15, -0.1) is 0 Å². The molecule has 2 amide bonds. The van der Waals surface area contributed by atoms with Gasteiger partial charge < -0.3 is 15.1 Å². The number of aromatic nitrogens is 3. The molecule has 0 bridgehead atoms. The van der Waals surface area contributed by atoms with E-state index in [-0.39, 0.29) is 35.5 Å². The molecule has 194 valence electrons. The van der Waals surface area contributed by atoms with Gasteiger partial charge in [-0.3, -0.25) is 4.90 Å². The summed E-state index contributed by atoms with van der Waals surface area (Å²) in [6.07, 6.45) is 0.334. The van der Waals surface area contributed by atoms with Crippen LogP contribution in [0.25, 0.3) is 0 Å². The van der Waals surface area contributed by atoms with Crippen molar-refractivity contribution >= 4 is 12.0 Å². The molecule has 1 saturated carbocycles. The quantitative estimate of drug-likeness (QED) is 0.506. The minimum absolute atomic E-state index is 0.102. The zero-order valence-electron chi connectivity index (χ0n) is 20.2. The SMILES string of the molecule is C[C@@H]1CN(c2ncc(C(F)(F)F)cn2)C[C@H](C)N1C(=O)NC1CC2(C1)CN(Cc1cccnc1F)C2. The van der Waals surface area contributed by atoms with Gasteiger partial charge in [0.05, 0.1) is 5.56 Å². The van der Waals surface area contributed by atoms with Crippen molar-refractivity contribution in [2.75, 3.05) is 31.1 Å². The standard InChI is InChI=1S/C24H29F4N7O/c1-15-10-34(21-30-8-18(9-31-21)24(26,27)28)11-16(2)35(15)22(36)32-19-6-23(7-19)13-33(14-23)12-17-4-3-5-29-20(17)25/h3-5,8-9,15-16,19H,6-7,10-14H2,1-2H3,(H,32,36)/t15-,16+. The number of rotatable bonds is 4. The average Bonchev–Trinajstić information content (AvgIpc) is 2.76. The molecule has 3 aliphatic rings. The first-order chi connectivity index (χ1) is 17.0. The molecular weight excluding hydrogens is 478 g/mol. The molecule has 0 unspecified atom stereocenters. The summed E-state index contributed by atoms with van der Waals surface area (Å²) >= 11 is 0. The molecule has 12 heteroatoms. The Hall–Kier alpha value is -3.02. The Morgan fingerprint density at radius 2 is 1.75 bits per heavy atom. The van der Waals surface area contributed by atoms with E-state index in [4.69, 9.17) is 0 Å². The lowest BCUT2D eigenvalue weighted by Gasteiger charge is -2.59. The third-order valence-electron chi connectivity index (χ3n) is 7.44. The Bertz CT molecular complexity index is 1090. The number of pyridine rings is 1. The van der Waals surface area contributed by atoms with E-state index >= 15 is 0 Å². The summed E-state index contributed by atoms with van der Waals surface area (Å²) in [7, 11) is 0. The zero-order chi connectivity index (χ0) is 25.7. The minimum Gasteiger partial charge on any atom is -0.337 e. The minimum atomic E-state index is -4.48. The van der Waals surface area contributed by atoms with E-state index in [1.807, 2.05) is 18.7 Å². The molecule has 2 aliphatic heterocycles. The number of likely N-dealkylation sites (tertiary alicyclic amines) is 1. The van der Waals surface area contributed by atoms with Crippen molar-refractivity contribution in [2.24, 2.45) is 5.41 Å². The van der Waals surface area contributed by atoms with Crippen LogP contribution in [0.3, 0.4) is 0 Å². The van der Waals surface area contributed by atoms with E-state index < -0.39 is 17.7 Å². The smallest absolute Gasteiger partial charge is 0.337 e. The first-order valence-corrected chi connectivity index (χ1v) is 12.1. The first-order valence-electron chi connectivity index (χ1n) is 12.1. The van der Waals surface area contributed by atoms with Gasteiger partial charge in [0, 0.05) is 75.0 Å². The van der Waals surface area contributed by atoms with Gasteiger partial charge in [-0.2, -0.15) is 17.6 Å². The predicted molar refractivity (Wildman–Crippen MR) is 123 cm³/mol. The molecule has 2 saturated heterocycles. The summed E-state index contributed by atoms with van der Waals surface area (Å²) in [6.45, 7) is 6.99. The number of carbonyl (C=O) groups is 1. The van der Waals surface area contributed by atoms with E-state index in [1.165, 1.54) is 6.20 Å². The van der Waals surface area contributed by atoms with Gasteiger partial charge in [-0.1, -0.05) is 6.07 Å². The Morgan fingerprint density at radius 1 is 1.11 bits per heavy atom. The molecule has 8 nitrogen and oxygen atoms in total. The fourth-order valence-electron chi connectivity index (χ4n) is 5.90. The van der Waals surface area contributed by atoms with E-state index in [0.717, 1.165) is 38.3 Å². The van der Waals surface area contributed by atoms with Gasteiger partial charge in [0.1, 0.15) is 0 Å². The van der Waals surface area contributed by atoms with Crippen LogP contribution in [0, 0.1) is 11.4 Å². The van der Waals surface area contributed by atoms with Crippen molar-refractivity contribution in [3.8, 4) is 0 Å². The van der Waals surface area contributed by atoms with Gasteiger partial charge in [0.15, 0.2) is 0 Å². The number of halogens is 4. The maximum atomic E-state index is 13.8. The third-order valence-corrected chi connectivity index (χ3v) is 7.44. The Morgan fingerprint density at radius 3 is 2.33 bits per heavy atom. The van der Waals surface area contributed by atoms with Crippen LogP contribution < -0.4 is 10.2 Å². The van der Waals surface area contributed by atoms with Crippen LogP contribution in [-0.2, 0) is 12.7 Å². The van der Waals surface area contributed by atoms with Gasteiger partial charge in [0.2, 0.25) is 11.9 Å². The second-order valence-corrected chi connectivity index (χ2v) is 10.4. The Balaban J connectivity index is 1.09. The van der Waals surface area contributed by atoms with Crippen LogP contribution in [0.15, 0.2) is 30.7 Å². The van der Waals surface area contributed by atoms with Crippen molar-refractivity contribution in [3.05, 3.63) is 47.8 Å². The normalized spacial score (nSPS) is 24.4. The summed E-state index contributed by atoms with van der Waals surface area (Å²) in [5, 5.41) is 3.15. The molecule has 1 spiro atoms. The van der Waals surface area contributed by atoms with E-state index in [9.17, 15) is 22.4 Å². The molecular formula is C24H29F4N7O. The molecule has 0 radical (unpaired) electrons. The molecule has 2 aromatic rings. The lowest BCUT2D eigenvalue weighted by atomic mass is 9.60. The van der Waals surface area contributed by atoms with E-state index in [0.29, 0.717) is 25.2 Å². The maximum absolute atomic E-state index is 13.8. The topological polar surface area (TPSA) is 77.5 Å². The predicted octanol–water partition coefficient (Wildman–Crippen LogP) is 3.30. The summed E-state index contributed by atoms with van der Waals surface area (Å²) in [6, 6.07) is 3.14. The van der Waals surface area contributed by atoms with Crippen molar-refractivity contribution in [1.82, 2.24) is 30.1 Å². The lowest BCUT2D eigenvalue weighted by Crippen LogP contribution is -2.68. The highest BCUT2D eigenvalue weighted by Gasteiger charge is 2.53. The average molecular weight is 508 g/mol. The van der Waals surface area contributed by atoms with Gasteiger partial charge in [-0.05, 0) is 38.2 Å². The van der Waals surface area contributed by atoms with Gasteiger partial charge in [0.25, 0.3) is 0 Å². The highest BCUT2D eigenvalue weighted by molar-refractivity contribution is 5.76. The number of urea groups is 1. The fourth-order valence-corrected chi connectivity index (χ4v) is 5.90. The summed E-state index contributed by atoms with van der Waals surface area (Å²) in [5.41, 5.74) is -0.102. The summed E-state index contributed by atoms with van der Waals surface area (Å²) in [5.74, 6) is -0.200. The van der Waals surface area contributed by atoms with Crippen LogP contribution in [0.4, 0.5) is 28.3 Å². The van der Waals surface area contributed by atoms with Crippen molar-refractivity contribution in [2.45, 2.75) is 57.5 Å². The number of nitrogens with zero attached hydrogens (tertiary/aromatic N) is 6. The molecule has 2 aromatic heterocycles. The molecule has 36 heavy (non-hydrogen) atoms. The second-order valence-electron chi connectivity index (χ2n) is 10.4. The highest BCUT2D eigenvalue weighted by Crippen LogP contribution is 2.48. The number of hydrogen-bond acceptors (Lipinski definition) is 6. The molecule has 5 rings (SSSR count). The van der Waals surface area contributed by atoms with Crippen LogP contribution in [0.5, 0.6) is 0 Å². The number of anilines is 1. The van der Waals surface area contributed by atoms with Gasteiger partial charge in [-0.25, -0.2) is 19.7 Å². The summed E-state index contributed by atoms with van der Waals surface area (Å²) in [4.78, 5) is 30.4. The van der Waals surface area contributed by atoms with Gasteiger partial charge >= 0.3 is 12.2 Å². The number of piperazine rings is 1. The lowest BCUT2D eigenvalue weighted by molar-refractivity contribution is -0.138.